The first-order chi connectivity index (χ1) is 7.65. The molecule has 0 aromatic carbocycles. The molecular formula is C10H9IN2O3. The van der Waals surface area contributed by atoms with Crippen LogP contribution in [0.1, 0.15) is 12.8 Å². The normalized spacial score (nSPS) is 20.4. The summed E-state index contributed by atoms with van der Waals surface area (Å²) >= 11 is 2.13. The van der Waals surface area contributed by atoms with Gasteiger partial charge in [-0.1, -0.05) is 0 Å². The van der Waals surface area contributed by atoms with Gasteiger partial charge in [-0.2, -0.15) is 0 Å². The number of ether oxygens (including phenoxy) is 1. The Bertz CT molecular complexity index is 419. The minimum atomic E-state index is -0.620. The molecule has 2 amide bonds. The Morgan fingerprint density at radius 1 is 1.44 bits per heavy atom. The lowest BCUT2D eigenvalue weighted by molar-refractivity contribution is -0.139. The summed E-state index contributed by atoms with van der Waals surface area (Å²) in [7, 11) is 0. The lowest BCUT2D eigenvalue weighted by atomic mass is 10.1. The Balaban J connectivity index is 2.02. The van der Waals surface area contributed by atoms with Crippen molar-refractivity contribution in [3.05, 3.63) is 21.9 Å². The monoisotopic (exact) mass is 332 g/mol. The number of hydrogen-bond acceptors (Lipinski definition) is 4. The van der Waals surface area contributed by atoms with Crippen LogP contribution >= 0.6 is 22.6 Å². The van der Waals surface area contributed by atoms with Gasteiger partial charge in [0.05, 0.1) is 0 Å². The Morgan fingerprint density at radius 3 is 2.88 bits per heavy atom. The van der Waals surface area contributed by atoms with Crippen LogP contribution in [0.2, 0.25) is 0 Å². The fraction of sp³-hybridized carbons (Fsp3) is 0.300. The van der Waals surface area contributed by atoms with Crippen molar-refractivity contribution in [2.75, 3.05) is 0 Å². The number of piperidine rings is 1. The zero-order chi connectivity index (χ0) is 11.5. The molecule has 16 heavy (non-hydrogen) atoms. The van der Waals surface area contributed by atoms with E-state index in [1.807, 2.05) is 6.07 Å². The first-order valence-corrected chi connectivity index (χ1v) is 5.85. The number of carbonyl (C=O) groups is 2. The number of amides is 2. The van der Waals surface area contributed by atoms with E-state index in [4.69, 9.17) is 4.74 Å². The molecule has 0 saturated carbocycles. The number of pyridine rings is 1. The van der Waals surface area contributed by atoms with Gasteiger partial charge >= 0.3 is 0 Å². The molecular weight excluding hydrogens is 323 g/mol. The number of nitrogens with one attached hydrogen (secondary N) is 1. The van der Waals surface area contributed by atoms with Crippen molar-refractivity contribution in [2.24, 2.45) is 0 Å². The minimum absolute atomic E-state index is 0.250. The number of aromatic nitrogens is 1. The van der Waals surface area contributed by atoms with Gasteiger partial charge in [-0.3, -0.25) is 14.9 Å². The third-order valence-electron chi connectivity index (χ3n) is 2.15. The van der Waals surface area contributed by atoms with E-state index in [9.17, 15) is 9.59 Å². The van der Waals surface area contributed by atoms with Gasteiger partial charge in [0.15, 0.2) is 6.10 Å². The van der Waals surface area contributed by atoms with Gasteiger partial charge in [-0.25, -0.2) is 4.98 Å². The molecule has 0 radical (unpaired) electrons. The molecule has 1 aliphatic heterocycles. The zero-order valence-electron chi connectivity index (χ0n) is 8.27. The van der Waals surface area contributed by atoms with Crippen molar-refractivity contribution >= 4 is 34.4 Å². The van der Waals surface area contributed by atoms with Crippen LogP contribution in [-0.4, -0.2) is 22.9 Å². The van der Waals surface area contributed by atoms with E-state index in [0.717, 1.165) is 3.57 Å². The van der Waals surface area contributed by atoms with Gasteiger partial charge in [0.1, 0.15) is 0 Å². The second kappa shape index (κ2) is 4.77. The topological polar surface area (TPSA) is 68.3 Å². The van der Waals surface area contributed by atoms with Crippen molar-refractivity contribution in [3.8, 4) is 5.88 Å². The molecule has 5 nitrogen and oxygen atoms in total. The van der Waals surface area contributed by atoms with Crippen LogP contribution in [-0.2, 0) is 9.59 Å². The van der Waals surface area contributed by atoms with Crippen molar-refractivity contribution in [2.45, 2.75) is 18.9 Å². The van der Waals surface area contributed by atoms with Crippen molar-refractivity contribution < 1.29 is 14.3 Å². The maximum atomic E-state index is 11.4. The summed E-state index contributed by atoms with van der Waals surface area (Å²) in [4.78, 5) is 26.3. The molecule has 0 bridgehead atoms. The first-order valence-electron chi connectivity index (χ1n) is 4.77. The smallest absolute Gasteiger partial charge is 0.267 e. The summed E-state index contributed by atoms with van der Waals surface area (Å²) in [6, 6.07) is 3.54. The number of nitrogens with zero attached hydrogens (tertiary/aromatic N) is 1. The fourth-order valence-electron chi connectivity index (χ4n) is 1.36. The highest BCUT2D eigenvalue weighted by Gasteiger charge is 2.28. The predicted molar refractivity (Wildman–Crippen MR) is 63.8 cm³/mol. The molecule has 6 heteroatoms. The number of halogens is 1. The Hall–Kier alpha value is -1.18. The summed E-state index contributed by atoms with van der Waals surface area (Å²) < 4.78 is 6.39. The summed E-state index contributed by atoms with van der Waals surface area (Å²) in [5.41, 5.74) is 0. The van der Waals surface area contributed by atoms with Crippen LogP contribution < -0.4 is 10.1 Å². The number of carbonyl (C=O) groups excluding carboxylic acids is 2. The standard InChI is InChI=1S/C10H9IN2O3/c11-6-1-4-9(12-5-6)16-7-2-3-8(14)13-10(7)15/h1,4-5,7H,2-3H2,(H,13,14,15). The van der Waals surface area contributed by atoms with Crippen LogP contribution in [0.4, 0.5) is 0 Å². The van der Waals surface area contributed by atoms with Crippen molar-refractivity contribution in [1.82, 2.24) is 10.3 Å². The summed E-state index contributed by atoms with van der Waals surface area (Å²) in [5, 5.41) is 2.23. The lowest BCUT2D eigenvalue weighted by Gasteiger charge is -2.21. The van der Waals surface area contributed by atoms with Crippen LogP contribution in [0.5, 0.6) is 5.88 Å². The van der Waals surface area contributed by atoms with E-state index in [0.29, 0.717) is 18.7 Å². The van der Waals surface area contributed by atoms with Crippen molar-refractivity contribution in [1.29, 1.82) is 0 Å². The third-order valence-corrected chi connectivity index (χ3v) is 2.79. The van der Waals surface area contributed by atoms with E-state index in [-0.39, 0.29) is 5.91 Å². The molecule has 1 atom stereocenters. The number of hydrogen-bond donors (Lipinski definition) is 1. The minimum Gasteiger partial charge on any atom is -0.464 e. The molecule has 0 spiro atoms. The molecule has 1 aromatic heterocycles. The molecule has 2 heterocycles. The van der Waals surface area contributed by atoms with Gasteiger partial charge in [0, 0.05) is 28.7 Å². The van der Waals surface area contributed by atoms with Crippen LogP contribution in [0.15, 0.2) is 18.3 Å². The second-order valence-corrected chi connectivity index (χ2v) is 4.62. The van der Waals surface area contributed by atoms with Crippen LogP contribution in [0.3, 0.4) is 0 Å². The molecule has 1 fully saturated rings. The summed E-state index contributed by atoms with van der Waals surface area (Å²) in [6.45, 7) is 0. The predicted octanol–water partition coefficient (Wildman–Crippen LogP) is 0.870. The summed E-state index contributed by atoms with van der Waals surface area (Å²) in [6.07, 6.45) is 1.74. The van der Waals surface area contributed by atoms with E-state index in [1.165, 1.54) is 0 Å². The lowest BCUT2D eigenvalue weighted by Crippen LogP contribution is -2.46. The third kappa shape index (κ3) is 2.69. The largest absolute Gasteiger partial charge is 0.464 e. The number of imide groups is 1. The van der Waals surface area contributed by atoms with E-state index < -0.39 is 12.0 Å². The molecule has 1 N–H and O–H groups in total. The molecule has 1 aliphatic rings. The fourth-order valence-corrected chi connectivity index (χ4v) is 1.68. The average molecular weight is 332 g/mol. The Kier molecular flexibility index (Phi) is 3.37. The second-order valence-electron chi connectivity index (χ2n) is 3.37. The summed E-state index contributed by atoms with van der Waals surface area (Å²) in [5.74, 6) is -0.244. The van der Waals surface area contributed by atoms with Gasteiger partial charge < -0.3 is 4.74 Å². The SMILES string of the molecule is O=C1CCC(Oc2ccc(I)cn2)C(=O)N1. The quantitative estimate of drug-likeness (QED) is 0.645. The highest BCUT2D eigenvalue weighted by molar-refractivity contribution is 14.1. The molecule has 84 valence electrons. The maximum absolute atomic E-state index is 11.4. The Morgan fingerprint density at radius 2 is 2.25 bits per heavy atom. The first kappa shape index (κ1) is 11.3. The highest BCUT2D eigenvalue weighted by atomic mass is 127. The van der Waals surface area contributed by atoms with Crippen LogP contribution in [0.25, 0.3) is 0 Å². The van der Waals surface area contributed by atoms with Gasteiger partial charge in [-0.15, -0.1) is 0 Å². The number of rotatable bonds is 2. The van der Waals surface area contributed by atoms with Gasteiger partial charge in [-0.05, 0) is 28.7 Å². The molecule has 1 unspecified atom stereocenters. The van der Waals surface area contributed by atoms with Crippen molar-refractivity contribution in [3.63, 3.8) is 0 Å². The zero-order valence-corrected chi connectivity index (χ0v) is 10.4. The molecule has 1 saturated heterocycles. The molecule has 2 rings (SSSR count). The van der Waals surface area contributed by atoms with E-state index in [2.05, 4.69) is 32.9 Å². The van der Waals surface area contributed by atoms with E-state index >= 15 is 0 Å². The average Bonchev–Trinajstić information content (AvgIpc) is 2.25. The highest BCUT2D eigenvalue weighted by Crippen LogP contribution is 2.15. The Labute approximate surface area is 106 Å². The molecule has 0 aliphatic carbocycles. The maximum Gasteiger partial charge on any atom is 0.267 e. The molecule has 1 aromatic rings. The van der Waals surface area contributed by atoms with Crippen LogP contribution in [0, 0.1) is 3.57 Å². The van der Waals surface area contributed by atoms with Gasteiger partial charge in [0.2, 0.25) is 11.8 Å². The van der Waals surface area contributed by atoms with E-state index in [1.54, 1.807) is 12.3 Å². The van der Waals surface area contributed by atoms with Gasteiger partial charge in [0.25, 0.3) is 5.91 Å².